The molecule has 110 valence electrons. The molecule has 2 saturated carbocycles. The number of ether oxygens (including phenoxy) is 1. The fraction of sp³-hybridized carbons (Fsp3) is 0.647. The maximum absolute atomic E-state index is 6.40. The molecule has 2 aliphatic carbocycles. The van der Waals surface area contributed by atoms with Gasteiger partial charge in [0.05, 0.1) is 7.11 Å². The first-order valence-corrected chi connectivity index (χ1v) is 7.74. The highest BCUT2D eigenvalue weighted by molar-refractivity contribution is 5.28. The number of fused-ring (bicyclic) bond motifs is 2. The highest BCUT2D eigenvalue weighted by Crippen LogP contribution is 2.47. The van der Waals surface area contributed by atoms with E-state index in [1.807, 2.05) is 6.07 Å². The number of nitrogens with two attached hydrogens (primary N) is 1. The Morgan fingerprint density at radius 1 is 1.30 bits per heavy atom. The van der Waals surface area contributed by atoms with Crippen LogP contribution >= 0.6 is 0 Å². The molecule has 0 saturated heterocycles. The van der Waals surface area contributed by atoms with Crippen LogP contribution in [-0.4, -0.2) is 31.6 Å². The van der Waals surface area contributed by atoms with Crippen LogP contribution in [0.3, 0.4) is 0 Å². The zero-order valence-electron chi connectivity index (χ0n) is 12.6. The Morgan fingerprint density at radius 3 is 2.80 bits per heavy atom. The quantitative estimate of drug-likeness (QED) is 0.896. The Balaban J connectivity index is 1.58. The van der Waals surface area contributed by atoms with Crippen LogP contribution in [0.15, 0.2) is 24.3 Å². The van der Waals surface area contributed by atoms with E-state index in [4.69, 9.17) is 10.5 Å². The molecular weight excluding hydrogens is 248 g/mol. The van der Waals surface area contributed by atoms with Crippen molar-refractivity contribution in [1.82, 2.24) is 4.90 Å². The van der Waals surface area contributed by atoms with Crippen molar-refractivity contribution in [3.05, 3.63) is 29.8 Å². The zero-order chi connectivity index (χ0) is 14.1. The van der Waals surface area contributed by atoms with Gasteiger partial charge in [-0.3, -0.25) is 0 Å². The van der Waals surface area contributed by atoms with Crippen molar-refractivity contribution in [3.8, 4) is 5.75 Å². The third-order valence-corrected chi connectivity index (χ3v) is 5.27. The molecule has 3 heteroatoms. The van der Waals surface area contributed by atoms with Crippen molar-refractivity contribution >= 4 is 0 Å². The van der Waals surface area contributed by atoms with Gasteiger partial charge in [-0.25, -0.2) is 0 Å². The average molecular weight is 274 g/mol. The molecule has 2 fully saturated rings. The van der Waals surface area contributed by atoms with Gasteiger partial charge in [-0.2, -0.15) is 0 Å². The Kier molecular flexibility index (Phi) is 3.99. The molecule has 0 aromatic heterocycles. The predicted octanol–water partition coefficient (Wildman–Crippen LogP) is 2.50. The van der Waals surface area contributed by atoms with Gasteiger partial charge in [-0.05, 0) is 61.8 Å². The van der Waals surface area contributed by atoms with Crippen molar-refractivity contribution in [1.29, 1.82) is 0 Å². The molecule has 2 bridgehead atoms. The lowest BCUT2D eigenvalue weighted by molar-refractivity contribution is 0.194. The minimum Gasteiger partial charge on any atom is -0.497 e. The number of hydrogen-bond donors (Lipinski definition) is 1. The first kappa shape index (κ1) is 13.9. The first-order chi connectivity index (χ1) is 9.67. The third kappa shape index (κ3) is 2.70. The molecule has 4 atom stereocenters. The molecule has 20 heavy (non-hydrogen) atoms. The first-order valence-electron chi connectivity index (χ1n) is 7.74. The van der Waals surface area contributed by atoms with E-state index in [1.165, 1.54) is 24.8 Å². The van der Waals surface area contributed by atoms with Crippen LogP contribution < -0.4 is 10.5 Å². The minimum atomic E-state index is 0.432. The predicted molar refractivity (Wildman–Crippen MR) is 81.6 cm³/mol. The van der Waals surface area contributed by atoms with Gasteiger partial charge in [0.25, 0.3) is 0 Å². The summed E-state index contributed by atoms with van der Waals surface area (Å²) in [5.74, 6) is 3.31. The Morgan fingerprint density at radius 2 is 2.10 bits per heavy atom. The Hall–Kier alpha value is -1.06. The van der Waals surface area contributed by atoms with Crippen molar-refractivity contribution in [3.63, 3.8) is 0 Å². The smallest absolute Gasteiger partial charge is 0.119 e. The number of rotatable bonds is 5. The molecule has 3 rings (SSSR count). The van der Waals surface area contributed by atoms with E-state index >= 15 is 0 Å². The monoisotopic (exact) mass is 274 g/mol. The summed E-state index contributed by atoms with van der Waals surface area (Å²) in [7, 11) is 3.93. The second-order valence-electron chi connectivity index (χ2n) is 6.62. The fourth-order valence-electron chi connectivity index (χ4n) is 4.23. The maximum Gasteiger partial charge on any atom is 0.119 e. The zero-order valence-corrected chi connectivity index (χ0v) is 12.6. The lowest BCUT2D eigenvalue weighted by Crippen LogP contribution is -2.41. The summed E-state index contributed by atoms with van der Waals surface area (Å²) in [4.78, 5) is 2.42. The van der Waals surface area contributed by atoms with Crippen molar-refractivity contribution in [2.75, 3.05) is 20.7 Å². The summed E-state index contributed by atoms with van der Waals surface area (Å²) in [5, 5.41) is 0. The fourth-order valence-corrected chi connectivity index (χ4v) is 4.23. The average Bonchev–Trinajstić information content (AvgIpc) is 3.02. The second-order valence-corrected chi connectivity index (χ2v) is 6.62. The molecule has 0 radical (unpaired) electrons. The van der Waals surface area contributed by atoms with Gasteiger partial charge >= 0.3 is 0 Å². The summed E-state index contributed by atoms with van der Waals surface area (Å²) in [6.45, 7) is 2.09. The van der Waals surface area contributed by atoms with E-state index in [-0.39, 0.29) is 0 Å². The molecular formula is C17H26N2O. The van der Waals surface area contributed by atoms with Crippen molar-refractivity contribution in [2.45, 2.75) is 31.8 Å². The van der Waals surface area contributed by atoms with Crippen LogP contribution in [0.2, 0.25) is 0 Å². The summed E-state index contributed by atoms with van der Waals surface area (Å²) >= 11 is 0. The van der Waals surface area contributed by atoms with E-state index in [9.17, 15) is 0 Å². The molecule has 4 unspecified atom stereocenters. The lowest BCUT2D eigenvalue weighted by atomic mass is 9.84. The van der Waals surface area contributed by atoms with E-state index in [2.05, 4.69) is 30.1 Å². The van der Waals surface area contributed by atoms with Crippen molar-refractivity contribution < 1.29 is 4.74 Å². The van der Waals surface area contributed by atoms with Gasteiger partial charge in [-0.15, -0.1) is 0 Å². The topological polar surface area (TPSA) is 38.5 Å². The van der Waals surface area contributed by atoms with Crippen LogP contribution in [0.5, 0.6) is 5.75 Å². The van der Waals surface area contributed by atoms with E-state index in [0.717, 1.165) is 30.7 Å². The Bertz CT molecular complexity index is 460. The van der Waals surface area contributed by atoms with Gasteiger partial charge in [0.1, 0.15) is 5.75 Å². The molecule has 0 amide bonds. The molecule has 2 aliphatic rings. The second kappa shape index (κ2) is 5.74. The number of methoxy groups -OCH3 is 1. The summed E-state index contributed by atoms with van der Waals surface area (Å²) in [6.07, 6.45) is 4.14. The normalized spacial score (nSPS) is 32.0. The van der Waals surface area contributed by atoms with Gasteiger partial charge in [0.15, 0.2) is 0 Å². The molecule has 3 nitrogen and oxygen atoms in total. The lowest BCUT2D eigenvalue weighted by Gasteiger charge is -2.31. The van der Waals surface area contributed by atoms with Crippen LogP contribution in [0.4, 0.5) is 0 Å². The summed E-state index contributed by atoms with van der Waals surface area (Å²) in [5.41, 5.74) is 7.71. The molecule has 1 aromatic rings. The largest absolute Gasteiger partial charge is 0.497 e. The van der Waals surface area contributed by atoms with Gasteiger partial charge in [0, 0.05) is 19.1 Å². The minimum absolute atomic E-state index is 0.432. The highest BCUT2D eigenvalue weighted by atomic mass is 16.5. The van der Waals surface area contributed by atoms with Crippen LogP contribution in [0.1, 0.15) is 24.8 Å². The summed E-state index contributed by atoms with van der Waals surface area (Å²) in [6, 6.07) is 8.78. The van der Waals surface area contributed by atoms with E-state index in [1.54, 1.807) is 7.11 Å². The van der Waals surface area contributed by atoms with Crippen molar-refractivity contribution in [2.24, 2.45) is 23.5 Å². The summed E-state index contributed by atoms with van der Waals surface area (Å²) < 4.78 is 5.29. The molecule has 1 aromatic carbocycles. The van der Waals surface area contributed by atoms with Crippen LogP contribution in [0, 0.1) is 17.8 Å². The van der Waals surface area contributed by atoms with E-state index in [0.29, 0.717) is 12.0 Å². The van der Waals surface area contributed by atoms with Gasteiger partial charge in [-0.1, -0.05) is 12.1 Å². The third-order valence-electron chi connectivity index (χ3n) is 5.27. The number of nitrogens with zero attached hydrogens (tertiary/aromatic N) is 1. The van der Waals surface area contributed by atoms with E-state index < -0.39 is 0 Å². The van der Waals surface area contributed by atoms with Gasteiger partial charge < -0.3 is 15.4 Å². The molecule has 2 N–H and O–H groups in total. The molecule has 0 heterocycles. The number of hydrogen-bond acceptors (Lipinski definition) is 3. The van der Waals surface area contributed by atoms with Crippen LogP contribution in [0.25, 0.3) is 0 Å². The maximum atomic E-state index is 6.40. The standard InChI is InChI=1S/C17H26N2O/c1-19(10-12-4-3-5-15(8-12)20-2)11-16-13-6-7-14(9-13)17(16)18/h3-5,8,13-14,16-17H,6-7,9-11,18H2,1-2H3. The SMILES string of the molecule is COc1cccc(CN(C)CC2C3CCC(C3)C2N)c1. The Labute approximate surface area is 122 Å². The van der Waals surface area contributed by atoms with Gasteiger partial charge in [0.2, 0.25) is 0 Å². The molecule has 0 aliphatic heterocycles. The number of benzene rings is 1. The molecule has 0 spiro atoms. The highest BCUT2D eigenvalue weighted by Gasteiger charge is 2.45. The van der Waals surface area contributed by atoms with Crippen LogP contribution in [-0.2, 0) is 6.54 Å².